The van der Waals surface area contributed by atoms with Crippen LogP contribution in [0.3, 0.4) is 0 Å². The highest BCUT2D eigenvalue weighted by Gasteiger charge is 2.18. The number of aromatic nitrogens is 4. The molecule has 1 N–H and O–H groups in total. The highest BCUT2D eigenvalue weighted by atomic mass is 15.1. The summed E-state index contributed by atoms with van der Waals surface area (Å²) in [4.78, 5) is 13.8. The van der Waals surface area contributed by atoms with Gasteiger partial charge in [-0.25, -0.2) is 15.0 Å². The monoisotopic (exact) mass is 257 g/mol. The number of fused-ring (bicyclic) bond motifs is 1. The molecule has 0 aliphatic carbocycles. The highest BCUT2D eigenvalue weighted by Crippen LogP contribution is 2.21. The van der Waals surface area contributed by atoms with Gasteiger partial charge in [-0.2, -0.15) is 0 Å². The van der Waals surface area contributed by atoms with Crippen LogP contribution in [-0.4, -0.2) is 26.1 Å². The van der Waals surface area contributed by atoms with Crippen molar-refractivity contribution < 1.29 is 0 Å². The fourth-order valence-corrected chi connectivity index (χ4v) is 2.54. The van der Waals surface area contributed by atoms with Crippen LogP contribution in [0.25, 0.3) is 11.6 Å². The van der Waals surface area contributed by atoms with Gasteiger partial charge in [0.25, 0.3) is 0 Å². The molecule has 2 aromatic heterocycles. The average Bonchev–Trinajstić information content (AvgIpc) is 2.85. The summed E-state index contributed by atoms with van der Waals surface area (Å²) in [5, 5.41) is 3.40. The number of aryl methyl sites for hydroxylation is 2. The van der Waals surface area contributed by atoms with Gasteiger partial charge < -0.3 is 9.88 Å². The molecule has 100 valence electrons. The first-order valence-electron chi connectivity index (χ1n) is 6.86. The molecule has 0 unspecified atom stereocenters. The fourth-order valence-electron chi connectivity index (χ4n) is 2.54. The van der Waals surface area contributed by atoms with E-state index in [2.05, 4.69) is 17.2 Å². The Morgan fingerprint density at radius 3 is 3.00 bits per heavy atom. The number of nitrogens with zero attached hydrogens (tertiary/aromatic N) is 4. The molecule has 5 nitrogen and oxygen atoms in total. The molecule has 5 heteroatoms. The molecule has 0 fully saturated rings. The minimum absolute atomic E-state index is 0.761. The quantitative estimate of drug-likeness (QED) is 0.905. The predicted molar refractivity (Wildman–Crippen MR) is 73.6 cm³/mol. The molecule has 1 aliphatic rings. The van der Waals surface area contributed by atoms with Gasteiger partial charge in [0.1, 0.15) is 0 Å². The van der Waals surface area contributed by atoms with Gasteiger partial charge in [-0.1, -0.05) is 13.3 Å². The Hall–Kier alpha value is -1.75. The SMILES string of the molecule is CCCc1nc(-c2nccn2C)nc2c1CNCC2. The third-order valence-corrected chi connectivity index (χ3v) is 3.53. The highest BCUT2D eigenvalue weighted by molar-refractivity contribution is 5.46. The van der Waals surface area contributed by atoms with Crippen molar-refractivity contribution in [1.82, 2.24) is 24.8 Å². The molecule has 3 rings (SSSR count). The first kappa shape index (κ1) is 12.3. The van der Waals surface area contributed by atoms with Crippen molar-refractivity contribution in [3.8, 4) is 11.6 Å². The standard InChI is InChI=1S/C14H19N5/c1-3-4-11-10-9-15-6-5-12(10)18-13(17-11)14-16-7-8-19(14)2/h7-8,15H,3-6,9H2,1-2H3. The van der Waals surface area contributed by atoms with Gasteiger partial charge in [-0.05, 0) is 6.42 Å². The maximum Gasteiger partial charge on any atom is 0.196 e. The Bertz CT molecular complexity index is 588. The molecular formula is C14H19N5. The van der Waals surface area contributed by atoms with Crippen LogP contribution in [0.4, 0.5) is 0 Å². The first-order valence-corrected chi connectivity index (χ1v) is 6.86. The first-order chi connectivity index (χ1) is 9.29. The van der Waals surface area contributed by atoms with E-state index in [1.54, 1.807) is 6.20 Å². The number of nitrogens with one attached hydrogen (secondary N) is 1. The number of imidazole rings is 1. The van der Waals surface area contributed by atoms with E-state index in [1.807, 2.05) is 17.8 Å². The van der Waals surface area contributed by atoms with Crippen molar-refractivity contribution >= 4 is 0 Å². The molecule has 0 atom stereocenters. The average molecular weight is 257 g/mol. The Morgan fingerprint density at radius 2 is 2.26 bits per heavy atom. The Kier molecular flexibility index (Phi) is 3.29. The topological polar surface area (TPSA) is 55.6 Å². The summed E-state index contributed by atoms with van der Waals surface area (Å²) in [5.74, 6) is 1.61. The van der Waals surface area contributed by atoms with Crippen LogP contribution in [-0.2, 0) is 26.4 Å². The van der Waals surface area contributed by atoms with Crippen molar-refractivity contribution in [2.75, 3.05) is 6.54 Å². The van der Waals surface area contributed by atoms with Gasteiger partial charge in [0.15, 0.2) is 11.6 Å². The minimum Gasteiger partial charge on any atom is -0.331 e. The molecule has 1 aliphatic heterocycles. The second-order valence-electron chi connectivity index (χ2n) is 4.96. The third kappa shape index (κ3) is 2.26. The van der Waals surface area contributed by atoms with Crippen LogP contribution in [0.5, 0.6) is 0 Å². The molecule has 19 heavy (non-hydrogen) atoms. The molecule has 0 saturated heterocycles. The normalized spacial score (nSPS) is 14.4. The number of hydrogen-bond donors (Lipinski definition) is 1. The summed E-state index contributed by atoms with van der Waals surface area (Å²) in [6, 6.07) is 0. The molecule has 0 saturated carbocycles. The van der Waals surface area contributed by atoms with Gasteiger partial charge in [0.05, 0.1) is 5.69 Å². The number of hydrogen-bond acceptors (Lipinski definition) is 4. The van der Waals surface area contributed by atoms with Crippen molar-refractivity contribution in [1.29, 1.82) is 0 Å². The van der Waals surface area contributed by atoms with Gasteiger partial charge in [0, 0.05) is 50.2 Å². The third-order valence-electron chi connectivity index (χ3n) is 3.53. The molecule has 0 spiro atoms. The van der Waals surface area contributed by atoms with E-state index in [9.17, 15) is 0 Å². The lowest BCUT2D eigenvalue weighted by molar-refractivity contribution is 0.614. The van der Waals surface area contributed by atoms with Crippen molar-refractivity contribution in [3.63, 3.8) is 0 Å². The molecule has 0 amide bonds. The Labute approximate surface area is 113 Å². The van der Waals surface area contributed by atoms with Gasteiger partial charge in [0.2, 0.25) is 0 Å². The summed E-state index contributed by atoms with van der Waals surface area (Å²) < 4.78 is 1.97. The summed E-state index contributed by atoms with van der Waals surface area (Å²) in [5.41, 5.74) is 3.67. The van der Waals surface area contributed by atoms with E-state index >= 15 is 0 Å². The van der Waals surface area contributed by atoms with Gasteiger partial charge in [-0.3, -0.25) is 0 Å². The molecule has 2 aromatic rings. The maximum atomic E-state index is 4.74. The molecule has 3 heterocycles. The van der Waals surface area contributed by atoms with E-state index in [1.165, 1.54) is 17.0 Å². The maximum absolute atomic E-state index is 4.74. The van der Waals surface area contributed by atoms with E-state index in [4.69, 9.17) is 9.97 Å². The van der Waals surface area contributed by atoms with E-state index in [0.29, 0.717) is 0 Å². The lowest BCUT2D eigenvalue weighted by atomic mass is 10.0. The second-order valence-corrected chi connectivity index (χ2v) is 4.96. The van der Waals surface area contributed by atoms with E-state index < -0.39 is 0 Å². The largest absolute Gasteiger partial charge is 0.331 e. The van der Waals surface area contributed by atoms with Crippen molar-refractivity contribution in [3.05, 3.63) is 29.3 Å². The van der Waals surface area contributed by atoms with Crippen molar-refractivity contribution in [2.24, 2.45) is 7.05 Å². The summed E-state index contributed by atoms with van der Waals surface area (Å²) in [6.07, 6.45) is 6.80. The number of rotatable bonds is 3. The van der Waals surface area contributed by atoms with Crippen LogP contribution < -0.4 is 5.32 Å². The van der Waals surface area contributed by atoms with Gasteiger partial charge >= 0.3 is 0 Å². The van der Waals surface area contributed by atoms with Crippen LogP contribution in [0, 0.1) is 0 Å². The molecule has 0 radical (unpaired) electrons. The molecule has 0 aromatic carbocycles. The van der Waals surface area contributed by atoms with Crippen molar-refractivity contribution in [2.45, 2.75) is 32.7 Å². The van der Waals surface area contributed by atoms with Crippen LogP contribution in [0.1, 0.15) is 30.3 Å². The smallest absolute Gasteiger partial charge is 0.196 e. The lowest BCUT2D eigenvalue weighted by Gasteiger charge is -2.19. The second kappa shape index (κ2) is 5.09. The minimum atomic E-state index is 0.761. The molecular weight excluding hydrogens is 238 g/mol. The summed E-state index contributed by atoms with van der Waals surface area (Å²) >= 11 is 0. The lowest BCUT2D eigenvalue weighted by Crippen LogP contribution is -2.27. The van der Waals surface area contributed by atoms with Crippen LogP contribution in [0.15, 0.2) is 12.4 Å². The van der Waals surface area contributed by atoms with E-state index in [-0.39, 0.29) is 0 Å². The Balaban J connectivity index is 2.11. The van der Waals surface area contributed by atoms with E-state index in [0.717, 1.165) is 44.0 Å². The van der Waals surface area contributed by atoms with Crippen LogP contribution in [0.2, 0.25) is 0 Å². The fraction of sp³-hybridized carbons (Fsp3) is 0.500. The van der Waals surface area contributed by atoms with Gasteiger partial charge in [-0.15, -0.1) is 0 Å². The zero-order chi connectivity index (χ0) is 13.2. The summed E-state index contributed by atoms with van der Waals surface area (Å²) in [7, 11) is 1.98. The predicted octanol–water partition coefficient (Wildman–Crippen LogP) is 1.48. The zero-order valence-corrected chi connectivity index (χ0v) is 11.5. The zero-order valence-electron chi connectivity index (χ0n) is 11.5. The Morgan fingerprint density at radius 1 is 1.37 bits per heavy atom. The summed E-state index contributed by atoms with van der Waals surface area (Å²) in [6.45, 7) is 4.08. The van der Waals surface area contributed by atoms with Crippen LogP contribution >= 0.6 is 0 Å². The molecule has 0 bridgehead atoms.